The van der Waals surface area contributed by atoms with Gasteiger partial charge in [-0.3, -0.25) is 0 Å². The predicted molar refractivity (Wildman–Crippen MR) is 75.2 cm³/mol. The Labute approximate surface area is 129 Å². The van der Waals surface area contributed by atoms with Crippen LogP contribution in [-0.4, -0.2) is 19.2 Å². The standard InChI is InChI=1S/C15H12F4N2O2/c16-9-1-4-14(13(19)7-9)21-15(22)20-5-6-23-10-2-3-11(17)12(18)8-10/h1-4,7-8H,5-6H2,(H2,20,21,22). The fraction of sp³-hybridized carbons (Fsp3) is 0.133. The molecule has 0 radical (unpaired) electrons. The van der Waals surface area contributed by atoms with Crippen molar-refractivity contribution in [2.45, 2.75) is 0 Å². The fourth-order valence-electron chi connectivity index (χ4n) is 1.66. The largest absolute Gasteiger partial charge is 0.492 e. The van der Waals surface area contributed by atoms with Gasteiger partial charge in [-0.25, -0.2) is 22.4 Å². The molecule has 0 unspecified atom stereocenters. The van der Waals surface area contributed by atoms with Crippen molar-refractivity contribution < 1.29 is 27.1 Å². The van der Waals surface area contributed by atoms with E-state index in [1.807, 2.05) is 0 Å². The molecule has 0 aliphatic carbocycles. The van der Waals surface area contributed by atoms with Gasteiger partial charge in [0.15, 0.2) is 11.6 Å². The minimum atomic E-state index is -1.04. The summed E-state index contributed by atoms with van der Waals surface area (Å²) in [5.74, 6) is -3.58. The summed E-state index contributed by atoms with van der Waals surface area (Å²) < 4.78 is 56.8. The van der Waals surface area contributed by atoms with Gasteiger partial charge in [0.1, 0.15) is 24.0 Å². The third kappa shape index (κ3) is 4.87. The monoisotopic (exact) mass is 328 g/mol. The van der Waals surface area contributed by atoms with E-state index in [1.54, 1.807) is 0 Å². The second-order valence-corrected chi connectivity index (χ2v) is 4.43. The van der Waals surface area contributed by atoms with Gasteiger partial charge in [-0.05, 0) is 24.3 Å². The van der Waals surface area contributed by atoms with Crippen molar-refractivity contribution in [3.05, 3.63) is 59.7 Å². The van der Waals surface area contributed by atoms with Crippen molar-refractivity contribution in [2.75, 3.05) is 18.5 Å². The molecule has 0 fully saturated rings. The van der Waals surface area contributed by atoms with Crippen LogP contribution in [0.15, 0.2) is 36.4 Å². The summed E-state index contributed by atoms with van der Waals surface area (Å²) in [4.78, 5) is 11.5. The molecule has 2 amide bonds. The Morgan fingerprint density at radius 3 is 2.43 bits per heavy atom. The normalized spacial score (nSPS) is 10.3. The first kappa shape index (κ1) is 16.6. The maximum absolute atomic E-state index is 13.3. The number of rotatable bonds is 5. The Hall–Kier alpha value is -2.77. The molecular formula is C15H12F4N2O2. The number of hydrogen-bond acceptors (Lipinski definition) is 2. The van der Waals surface area contributed by atoms with Crippen LogP contribution in [0, 0.1) is 23.3 Å². The zero-order valence-electron chi connectivity index (χ0n) is 11.7. The highest BCUT2D eigenvalue weighted by molar-refractivity contribution is 5.89. The van der Waals surface area contributed by atoms with Crippen molar-refractivity contribution in [1.29, 1.82) is 0 Å². The third-order valence-electron chi connectivity index (χ3n) is 2.73. The Morgan fingerprint density at radius 2 is 1.74 bits per heavy atom. The van der Waals surface area contributed by atoms with Gasteiger partial charge in [0.05, 0.1) is 12.2 Å². The molecule has 8 heteroatoms. The Balaban J connectivity index is 1.75. The molecule has 122 valence electrons. The lowest BCUT2D eigenvalue weighted by atomic mass is 10.3. The van der Waals surface area contributed by atoms with Crippen LogP contribution in [0.2, 0.25) is 0 Å². The second-order valence-electron chi connectivity index (χ2n) is 4.43. The number of carbonyl (C=O) groups is 1. The quantitative estimate of drug-likeness (QED) is 0.652. The predicted octanol–water partition coefficient (Wildman–Crippen LogP) is 3.44. The van der Waals surface area contributed by atoms with Gasteiger partial charge in [0.25, 0.3) is 0 Å². The molecule has 23 heavy (non-hydrogen) atoms. The van der Waals surface area contributed by atoms with Gasteiger partial charge in [0, 0.05) is 12.1 Å². The van der Waals surface area contributed by atoms with E-state index in [4.69, 9.17) is 4.74 Å². The first-order valence-corrected chi connectivity index (χ1v) is 6.53. The highest BCUT2D eigenvalue weighted by Crippen LogP contribution is 2.15. The number of anilines is 1. The topological polar surface area (TPSA) is 50.4 Å². The Morgan fingerprint density at radius 1 is 0.957 bits per heavy atom. The SMILES string of the molecule is O=C(NCCOc1ccc(F)c(F)c1)Nc1ccc(F)cc1F. The average molecular weight is 328 g/mol. The molecule has 4 nitrogen and oxygen atoms in total. The van der Waals surface area contributed by atoms with Gasteiger partial charge in [0.2, 0.25) is 0 Å². The van der Waals surface area contributed by atoms with Crippen molar-refractivity contribution in [3.63, 3.8) is 0 Å². The number of carbonyl (C=O) groups excluding carboxylic acids is 1. The number of urea groups is 1. The average Bonchev–Trinajstić information content (AvgIpc) is 2.50. The Kier molecular flexibility index (Phi) is 5.40. The first-order valence-electron chi connectivity index (χ1n) is 6.53. The third-order valence-corrected chi connectivity index (χ3v) is 2.73. The number of hydrogen-bond donors (Lipinski definition) is 2. The highest BCUT2D eigenvalue weighted by Gasteiger charge is 2.07. The summed E-state index contributed by atoms with van der Waals surface area (Å²) in [6, 6.07) is 5.05. The van der Waals surface area contributed by atoms with Gasteiger partial charge < -0.3 is 15.4 Å². The number of amides is 2. The molecule has 2 rings (SSSR count). The van der Waals surface area contributed by atoms with Crippen LogP contribution in [0.3, 0.4) is 0 Å². The lowest BCUT2D eigenvalue weighted by molar-refractivity contribution is 0.247. The van der Waals surface area contributed by atoms with E-state index < -0.39 is 29.3 Å². The zero-order valence-corrected chi connectivity index (χ0v) is 11.7. The molecule has 2 aromatic rings. The molecule has 2 N–H and O–H groups in total. The van der Waals surface area contributed by atoms with Crippen LogP contribution in [0.25, 0.3) is 0 Å². The highest BCUT2D eigenvalue weighted by atomic mass is 19.2. The van der Waals surface area contributed by atoms with Gasteiger partial charge in [-0.1, -0.05) is 0 Å². The summed E-state index contributed by atoms with van der Waals surface area (Å²) in [5, 5.41) is 4.56. The molecule has 0 aliphatic heterocycles. The fourth-order valence-corrected chi connectivity index (χ4v) is 1.66. The lowest BCUT2D eigenvalue weighted by Gasteiger charge is -2.10. The van der Waals surface area contributed by atoms with Gasteiger partial charge in [-0.15, -0.1) is 0 Å². The molecule has 0 saturated heterocycles. The number of ether oxygens (including phenoxy) is 1. The van der Waals surface area contributed by atoms with Crippen LogP contribution in [0.4, 0.5) is 28.0 Å². The van der Waals surface area contributed by atoms with E-state index in [9.17, 15) is 22.4 Å². The van der Waals surface area contributed by atoms with Crippen LogP contribution in [0.1, 0.15) is 0 Å². The van der Waals surface area contributed by atoms with E-state index in [2.05, 4.69) is 10.6 Å². The number of nitrogens with one attached hydrogen (secondary N) is 2. The van der Waals surface area contributed by atoms with Crippen LogP contribution in [-0.2, 0) is 0 Å². The zero-order chi connectivity index (χ0) is 16.8. The van der Waals surface area contributed by atoms with Crippen molar-refractivity contribution in [2.24, 2.45) is 0 Å². The van der Waals surface area contributed by atoms with Crippen LogP contribution < -0.4 is 15.4 Å². The summed E-state index contributed by atoms with van der Waals surface area (Å²) in [5.41, 5.74) is -0.176. The summed E-state index contributed by atoms with van der Waals surface area (Å²) in [6.45, 7) is 0.0258. The van der Waals surface area contributed by atoms with E-state index in [-0.39, 0.29) is 24.6 Å². The van der Waals surface area contributed by atoms with Gasteiger partial charge >= 0.3 is 6.03 Å². The number of halogens is 4. The molecule has 0 heterocycles. The summed E-state index contributed by atoms with van der Waals surface area (Å²) in [6.07, 6.45) is 0. The molecule has 0 aliphatic rings. The van der Waals surface area contributed by atoms with Crippen LogP contribution >= 0.6 is 0 Å². The maximum Gasteiger partial charge on any atom is 0.319 e. The second kappa shape index (κ2) is 7.48. The molecule has 0 saturated carbocycles. The molecular weight excluding hydrogens is 316 g/mol. The van der Waals surface area contributed by atoms with E-state index >= 15 is 0 Å². The minimum Gasteiger partial charge on any atom is -0.492 e. The van der Waals surface area contributed by atoms with E-state index in [0.717, 1.165) is 24.3 Å². The molecule has 0 aromatic heterocycles. The first-order chi connectivity index (χ1) is 11.0. The molecule has 2 aromatic carbocycles. The van der Waals surface area contributed by atoms with Gasteiger partial charge in [-0.2, -0.15) is 0 Å². The lowest BCUT2D eigenvalue weighted by Crippen LogP contribution is -2.32. The molecule has 0 spiro atoms. The van der Waals surface area contributed by atoms with E-state index in [0.29, 0.717) is 6.07 Å². The summed E-state index contributed by atoms with van der Waals surface area (Å²) >= 11 is 0. The molecule has 0 bridgehead atoms. The van der Waals surface area contributed by atoms with Crippen molar-refractivity contribution >= 4 is 11.7 Å². The maximum atomic E-state index is 13.3. The van der Waals surface area contributed by atoms with Crippen molar-refractivity contribution in [3.8, 4) is 5.75 Å². The van der Waals surface area contributed by atoms with Crippen molar-refractivity contribution in [1.82, 2.24) is 5.32 Å². The number of benzene rings is 2. The smallest absolute Gasteiger partial charge is 0.319 e. The summed E-state index contributed by atoms with van der Waals surface area (Å²) in [7, 11) is 0. The van der Waals surface area contributed by atoms with E-state index in [1.165, 1.54) is 6.07 Å². The van der Waals surface area contributed by atoms with Crippen LogP contribution in [0.5, 0.6) is 5.75 Å². The Bertz CT molecular complexity index is 710. The molecule has 0 atom stereocenters. The minimum absolute atomic E-state index is 0.00953.